The van der Waals surface area contributed by atoms with Crippen LogP contribution >= 0.6 is 0 Å². The third-order valence-corrected chi connectivity index (χ3v) is 3.33. The lowest BCUT2D eigenvalue weighted by Crippen LogP contribution is -2.34. The Morgan fingerprint density at radius 3 is 2.67 bits per heavy atom. The van der Waals surface area contributed by atoms with E-state index in [1.54, 1.807) is 0 Å². The molecule has 0 atom stereocenters. The monoisotopic (exact) mass is 244 g/mol. The van der Waals surface area contributed by atoms with E-state index in [4.69, 9.17) is 5.26 Å². The summed E-state index contributed by atoms with van der Waals surface area (Å²) in [6.45, 7) is 10.7. The number of hydrogen-bond donors (Lipinski definition) is 1. The second kappa shape index (κ2) is 6.56. The molecule has 0 unspecified atom stereocenters. The van der Waals surface area contributed by atoms with Gasteiger partial charge in [0.25, 0.3) is 0 Å². The minimum Gasteiger partial charge on any atom is -0.316 e. The van der Waals surface area contributed by atoms with Crippen molar-refractivity contribution in [1.29, 1.82) is 5.26 Å². The Morgan fingerprint density at radius 1 is 1.28 bits per heavy atom. The van der Waals surface area contributed by atoms with Crippen molar-refractivity contribution in [2.75, 3.05) is 13.1 Å². The van der Waals surface area contributed by atoms with E-state index >= 15 is 0 Å². The SMILES string of the molecule is Cc1ccc(C)c(C(C)(C)CNCCCC#N)c1. The van der Waals surface area contributed by atoms with Gasteiger partial charge >= 0.3 is 0 Å². The van der Waals surface area contributed by atoms with Gasteiger partial charge in [-0.2, -0.15) is 5.26 Å². The normalized spacial score (nSPS) is 11.3. The average molecular weight is 244 g/mol. The van der Waals surface area contributed by atoms with Gasteiger partial charge in [-0.25, -0.2) is 0 Å². The number of aryl methyl sites for hydroxylation is 2. The highest BCUT2D eigenvalue weighted by Gasteiger charge is 2.21. The zero-order valence-electron chi connectivity index (χ0n) is 12.0. The first-order chi connectivity index (χ1) is 8.47. The Kier molecular flexibility index (Phi) is 5.37. The van der Waals surface area contributed by atoms with Crippen molar-refractivity contribution in [3.05, 3.63) is 34.9 Å². The van der Waals surface area contributed by atoms with Gasteiger partial charge in [0.2, 0.25) is 0 Å². The summed E-state index contributed by atoms with van der Waals surface area (Å²) in [4.78, 5) is 0. The average Bonchev–Trinajstić information content (AvgIpc) is 2.32. The molecule has 0 heterocycles. The van der Waals surface area contributed by atoms with E-state index in [0.29, 0.717) is 6.42 Å². The molecule has 18 heavy (non-hydrogen) atoms. The van der Waals surface area contributed by atoms with Gasteiger partial charge in [0.15, 0.2) is 0 Å². The summed E-state index contributed by atoms with van der Waals surface area (Å²) >= 11 is 0. The van der Waals surface area contributed by atoms with E-state index in [-0.39, 0.29) is 5.41 Å². The lowest BCUT2D eigenvalue weighted by Gasteiger charge is -2.28. The van der Waals surface area contributed by atoms with E-state index < -0.39 is 0 Å². The maximum absolute atomic E-state index is 8.49. The first kappa shape index (κ1) is 14.7. The summed E-state index contributed by atoms with van der Waals surface area (Å²) in [5.74, 6) is 0. The molecule has 0 fully saturated rings. The highest BCUT2D eigenvalue weighted by atomic mass is 14.9. The molecule has 0 aliphatic heterocycles. The predicted molar refractivity (Wildman–Crippen MR) is 76.7 cm³/mol. The zero-order valence-corrected chi connectivity index (χ0v) is 12.0. The molecule has 0 aliphatic rings. The number of benzene rings is 1. The van der Waals surface area contributed by atoms with E-state index in [2.05, 4.69) is 57.3 Å². The van der Waals surface area contributed by atoms with Crippen molar-refractivity contribution in [1.82, 2.24) is 5.32 Å². The van der Waals surface area contributed by atoms with Crippen LogP contribution in [0.15, 0.2) is 18.2 Å². The minimum absolute atomic E-state index is 0.128. The number of nitriles is 1. The van der Waals surface area contributed by atoms with E-state index in [1.165, 1.54) is 16.7 Å². The van der Waals surface area contributed by atoms with Crippen molar-refractivity contribution in [3.8, 4) is 6.07 Å². The van der Waals surface area contributed by atoms with Gasteiger partial charge in [0.05, 0.1) is 6.07 Å². The molecule has 0 radical (unpaired) electrons. The summed E-state index contributed by atoms with van der Waals surface area (Å²) in [7, 11) is 0. The Labute approximate surface area is 111 Å². The lowest BCUT2D eigenvalue weighted by molar-refractivity contribution is 0.465. The molecular weight excluding hydrogens is 220 g/mol. The second-order valence-corrected chi connectivity index (χ2v) is 5.64. The number of nitrogens with one attached hydrogen (secondary N) is 1. The first-order valence-corrected chi connectivity index (χ1v) is 6.63. The van der Waals surface area contributed by atoms with Crippen LogP contribution in [0.4, 0.5) is 0 Å². The van der Waals surface area contributed by atoms with Crippen LogP contribution in [0.5, 0.6) is 0 Å². The topological polar surface area (TPSA) is 35.8 Å². The number of unbranched alkanes of at least 4 members (excludes halogenated alkanes) is 1. The summed E-state index contributed by atoms with van der Waals surface area (Å²) in [6.07, 6.45) is 1.57. The van der Waals surface area contributed by atoms with Gasteiger partial charge in [0.1, 0.15) is 0 Å². The molecule has 98 valence electrons. The molecule has 1 rings (SSSR count). The Bertz CT molecular complexity index is 427. The van der Waals surface area contributed by atoms with E-state index in [9.17, 15) is 0 Å². The molecule has 1 aromatic rings. The summed E-state index contributed by atoms with van der Waals surface area (Å²) < 4.78 is 0. The fourth-order valence-corrected chi connectivity index (χ4v) is 2.25. The molecule has 0 amide bonds. The van der Waals surface area contributed by atoms with Gasteiger partial charge in [0, 0.05) is 18.4 Å². The number of rotatable bonds is 6. The molecule has 0 aromatic heterocycles. The highest BCUT2D eigenvalue weighted by molar-refractivity contribution is 5.36. The standard InChI is InChI=1S/C16H24N2/c1-13-7-8-14(2)15(11-13)16(3,4)12-18-10-6-5-9-17/h7-8,11,18H,5-6,10,12H2,1-4H3. The number of hydrogen-bond acceptors (Lipinski definition) is 2. The molecule has 0 saturated carbocycles. The second-order valence-electron chi connectivity index (χ2n) is 5.64. The maximum Gasteiger partial charge on any atom is 0.0622 e. The fourth-order valence-electron chi connectivity index (χ4n) is 2.25. The largest absolute Gasteiger partial charge is 0.316 e. The third kappa shape index (κ3) is 4.16. The Hall–Kier alpha value is -1.33. The van der Waals surface area contributed by atoms with E-state index in [0.717, 1.165) is 19.5 Å². The summed E-state index contributed by atoms with van der Waals surface area (Å²) in [6, 6.07) is 8.82. The summed E-state index contributed by atoms with van der Waals surface area (Å²) in [5.41, 5.74) is 4.20. The molecule has 2 heteroatoms. The maximum atomic E-state index is 8.49. The fraction of sp³-hybridized carbons (Fsp3) is 0.562. The molecule has 1 aromatic carbocycles. The molecule has 1 N–H and O–H groups in total. The van der Waals surface area contributed by atoms with Crippen molar-refractivity contribution in [3.63, 3.8) is 0 Å². The van der Waals surface area contributed by atoms with Crippen molar-refractivity contribution in [2.45, 2.75) is 46.0 Å². The smallest absolute Gasteiger partial charge is 0.0622 e. The van der Waals surface area contributed by atoms with Crippen LogP contribution in [-0.2, 0) is 5.41 Å². The van der Waals surface area contributed by atoms with Crippen LogP contribution in [0.3, 0.4) is 0 Å². The molecule has 0 spiro atoms. The molecule has 0 saturated heterocycles. The van der Waals surface area contributed by atoms with Crippen LogP contribution < -0.4 is 5.32 Å². The molecular formula is C16H24N2. The van der Waals surface area contributed by atoms with Crippen LogP contribution in [0.25, 0.3) is 0 Å². The van der Waals surface area contributed by atoms with Crippen LogP contribution in [0.2, 0.25) is 0 Å². The van der Waals surface area contributed by atoms with Crippen molar-refractivity contribution in [2.24, 2.45) is 0 Å². The molecule has 0 aliphatic carbocycles. The summed E-state index contributed by atoms with van der Waals surface area (Å²) in [5, 5.41) is 11.9. The van der Waals surface area contributed by atoms with Gasteiger partial charge < -0.3 is 5.32 Å². The van der Waals surface area contributed by atoms with E-state index in [1.807, 2.05) is 0 Å². The molecule has 0 bridgehead atoms. The lowest BCUT2D eigenvalue weighted by atomic mass is 9.81. The first-order valence-electron chi connectivity index (χ1n) is 6.63. The van der Waals surface area contributed by atoms with Gasteiger partial charge in [-0.05, 0) is 37.9 Å². The van der Waals surface area contributed by atoms with Gasteiger partial charge in [-0.1, -0.05) is 37.6 Å². The van der Waals surface area contributed by atoms with Gasteiger partial charge in [-0.3, -0.25) is 0 Å². The minimum atomic E-state index is 0.128. The Morgan fingerprint density at radius 2 is 2.00 bits per heavy atom. The zero-order chi connectivity index (χ0) is 13.6. The van der Waals surface area contributed by atoms with Crippen LogP contribution in [0.1, 0.15) is 43.4 Å². The van der Waals surface area contributed by atoms with Crippen LogP contribution in [0, 0.1) is 25.2 Å². The van der Waals surface area contributed by atoms with Crippen molar-refractivity contribution >= 4 is 0 Å². The highest BCUT2D eigenvalue weighted by Crippen LogP contribution is 2.26. The Balaban J connectivity index is 2.62. The van der Waals surface area contributed by atoms with Gasteiger partial charge in [-0.15, -0.1) is 0 Å². The number of nitrogens with zero attached hydrogens (tertiary/aromatic N) is 1. The third-order valence-electron chi connectivity index (χ3n) is 3.33. The molecule has 2 nitrogen and oxygen atoms in total. The predicted octanol–water partition coefficient (Wildman–Crippen LogP) is 3.47. The van der Waals surface area contributed by atoms with Crippen molar-refractivity contribution < 1.29 is 0 Å². The quantitative estimate of drug-likeness (QED) is 0.778. The van der Waals surface area contributed by atoms with Crippen LogP contribution in [-0.4, -0.2) is 13.1 Å².